The molecule has 0 radical (unpaired) electrons. The summed E-state index contributed by atoms with van der Waals surface area (Å²) in [7, 11) is 0. The predicted octanol–water partition coefficient (Wildman–Crippen LogP) is 4.48. The number of benzene rings is 1. The van der Waals surface area contributed by atoms with Gasteiger partial charge in [0.1, 0.15) is 5.69 Å². The quantitative estimate of drug-likeness (QED) is 0.662. The number of carbonyl (C=O) groups is 1. The molecule has 2 heterocycles. The molecule has 1 aromatic carbocycles. The van der Waals surface area contributed by atoms with Crippen LogP contribution in [0.5, 0.6) is 0 Å². The second-order valence-corrected chi connectivity index (χ2v) is 6.04. The molecule has 19 heavy (non-hydrogen) atoms. The van der Waals surface area contributed by atoms with Gasteiger partial charge in [0.2, 0.25) is 0 Å². The van der Waals surface area contributed by atoms with E-state index in [2.05, 4.69) is 20.9 Å². The summed E-state index contributed by atoms with van der Waals surface area (Å²) in [6.07, 6.45) is 0.392. The third-order valence-electron chi connectivity index (χ3n) is 2.90. The SMILES string of the molecule is O=C(Cc1sccc1Br)c1ccc2ccccc2n1. The minimum absolute atomic E-state index is 0.0499. The van der Waals surface area contributed by atoms with E-state index in [-0.39, 0.29) is 5.78 Å². The zero-order valence-corrected chi connectivity index (χ0v) is 12.4. The van der Waals surface area contributed by atoms with Gasteiger partial charge in [0, 0.05) is 21.2 Å². The highest BCUT2D eigenvalue weighted by molar-refractivity contribution is 9.10. The second kappa shape index (κ2) is 5.23. The predicted molar refractivity (Wildman–Crippen MR) is 81.8 cm³/mol. The van der Waals surface area contributed by atoms with Gasteiger partial charge in [0.15, 0.2) is 5.78 Å². The lowest BCUT2D eigenvalue weighted by Gasteiger charge is -2.02. The summed E-state index contributed by atoms with van der Waals surface area (Å²) >= 11 is 5.03. The molecule has 94 valence electrons. The Morgan fingerprint density at radius 2 is 2.00 bits per heavy atom. The Labute approximate surface area is 123 Å². The van der Waals surface area contributed by atoms with E-state index in [0.29, 0.717) is 12.1 Å². The number of hydrogen-bond acceptors (Lipinski definition) is 3. The van der Waals surface area contributed by atoms with Gasteiger partial charge in [-0.15, -0.1) is 11.3 Å². The molecule has 0 bridgehead atoms. The van der Waals surface area contributed by atoms with Gasteiger partial charge in [-0.25, -0.2) is 4.98 Å². The minimum atomic E-state index is 0.0499. The third kappa shape index (κ3) is 2.60. The van der Waals surface area contributed by atoms with Crippen molar-refractivity contribution in [3.63, 3.8) is 0 Å². The zero-order valence-electron chi connectivity index (χ0n) is 9.97. The lowest BCUT2D eigenvalue weighted by molar-refractivity contribution is 0.0989. The van der Waals surface area contributed by atoms with Crippen molar-refractivity contribution in [1.82, 2.24) is 4.98 Å². The van der Waals surface area contributed by atoms with Crippen LogP contribution in [0, 0.1) is 0 Å². The van der Waals surface area contributed by atoms with Crippen molar-refractivity contribution < 1.29 is 4.79 Å². The van der Waals surface area contributed by atoms with Gasteiger partial charge in [0.05, 0.1) is 5.52 Å². The van der Waals surface area contributed by atoms with Crippen LogP contribution in [0.2, 0.25) is 0 Å². The van der Waals surface area contributed by atoms with Crippen LogP contribution in [0.4, 0.5) is 0 Å². The first-order valence-corrected chi connectivity index (χ1v) is 7.52. The van der Waals surface area contributed by atoms with Crippen LogP contribution in [0.1, 0.15) is 15.4 Å². The van der Waals surface area contributed by atoms with E-state index in [1.165, 1.54) is 0 Å². The molecule has 0 atom stereocenters. The maximum Gasteiger partial charge on any atom is 0.186 e. The Hall–Kier alpha value is -1.52. The molecule has 0 unspecified atom stereocenters. The van der Waals surface area contributed by atoms with E-state index in [9.17, 15) is 4.79 Å². The molecule has 3 rings (SSSR count). The summed E-state index contributed by atoms with van der Waals surface area (Å²) in [5.41, 5.74) is 1.39. The van der Waals surface area contributed by atoms with E-state index >= 15 is 0 Å². The van der Waals surface area contributed by atoms with Crippen molar-refractivity contribution in [2.45, 2.75) is 6.42 Å². The molecule has 0 saturated heterocycles. The van der Waals surface area contributed by atoms with E-state index in [1.54, 1.807) is 17.4 Å². The van der Waals surface area contributed by atoms with E-state index in [1.807, 2.05) is 41.8 Å². The summed E-state index contributed by atoms with van der Waals surface area (Å²) in [6, 6.07) is 13.5. The maximum atomic E-state index is 12.2. The molecular weight excluding hydrogens is 322 g/mol. The fourth-order valence-electron chi connectivity index (χ4n) is 1.91. The van der Waals surface area contributed by atoms with Crippen LogP contribution in [0.15, 0.2) is 52.3 Å². The minimum Gasteiger partial charge on any atom is -0.292 e. The van der Waals surface area contributed by atoms with Crippen molar-refractivity contribution in [1.29, 1.82) is 0 Å². The summed E-state index contributed by atoms with van der Waals surface area (Å²) < 4.78 is 0.992. The second-order valence-electron chi connectivity index (χ2n) is 4.18. The molecule has 0 aliphatic rings. The highest BCUT2D eigenvalue weighted by Crippen LogP contribution is 2.24. The molecule has 0 aliphatic carbocycles. The monoisotopic (exact) mass is 331 g/mol. The topological polar surface area (TPSA) is 30.0 Å². The Morgan fingerprint density at radius 1 is 1.16 bits per heavy atom. The summed E-state index contributed by atoms with van der Waals surface area (Å²) in [5.74, 6) is 0.0499. The number of rotatable bonds is 3. The number of pyridine rings is 1. The van der Waals surface area contributed by atoms with Crippen LogP contribution < -0.4 is 0 Å². The number of ketones is 1. The first-order chi connectivity index (χ1) is 9.24. The first-order valence-electron chi connectivity index (χ1n) is 5.85. The van der Waals surface area contributed by atoms with Gasteiger partial charge in [-0.1, -0.05) is 24.3 Å². The highest BCUT2D eigenvalue weighted by Gasteiger charge is 2.12. The van der Waals surface area contributed by atoms with E-state index in [0.717, 1.165) is 20.3 Å². The Kier molecular flexibility index (Phi) is 3.44. The number of carbonyl (C=O) groups excluding carboxylic acids is 1. The van der Waals surface area contributed by atoms with Crippen molar-refractivity contribution >= 4 is 44.0 Å². The Balaban J connectivity index is 1.91. The molecule has 4 heteroatoms. The average Bonchev–Trinajstić information content (AvgIpc) is 2.84. The van der Waals surface area contributed by atoms with Crippen LogP contribution in [-0.4, -0.2) is 10.8 Å². The Bertz CT molecular complexity index is 750. The van der Waals surface area contributed by atoms with Crippen LogP contribution in [0.3, 0.4) is 0 Å². The van der Waals surface area contributed by atoms with Crippen molar-refractivity contribution in [2.75, 3.05) is 0 Å². The smallest absolute Gasteiger partial charge is 0.186 e. The summed E-state index contributed by atoms with van der Waals surface area (Å²) in [4.78, 5) is 17.7. The molecule has 0 saturated carbocycles. The molecule has 0 fully saturated rings. The van der Waals surface area contributed by atoms with Gasteiger partial charge >= 0.3 is 0 Å². The normalized spacial score (nSPS) is 10.8. The average molecular weight is 332 g/mol. The number of halogens is 1. The molecule has 0 amide bonds. The van der Waals surface area contributed by atoms with Gasteiger partial charge in [-0.05, 0) is 39.5 Å². The summed E-state index contributed by atoms with van der Waals surface area (Å²) in [5, 5.41) is 3.02. The molecule has 0 aliphatic heterocycles. The number of thiophene rings is 1. The van der Waals surface area contributed by atoms with E-state index in [4.69, 9.17) is 0 Å². The molecule has 3 aromatic rings. The van der Waals surface area contributed by atoms with Gasteiger partial charge in [-0.2, -0.15) is 0 Å². The van der Waals surface area contributed by atoms with Gasteiger partial charge in [0.25, 0.3) is 0 Å². The summed E-state index contributed by atoms with van der Waals surface area (Å²) in [6.45, 7) is 0. The van der Waals surface area contributed by atoms with Crippen LogP contribution in [-0.2, 0) is 6.42 Å². The zero-order chi connectivity index (χ0) is 13.2. The molecule has 0 spiro atoms. The lowest BCUT2D eigenvalue weighted by atomic mass is 10.1. The number of para-hydroxylation sites is 1. The highest BCUT2D eigenvalue weighted by atomic mass is 79.9. The number of fused-ring (bicyclic) bond motifs is 1. The lowest BCUT2D eigenvalue weighted by Crippen LogP contribution is -2.05. The fraction of sp³-hybridized carbons (Fsp3) is 0.0667. The van der Waals surface area contributed by atoms with Crippen molar-refractivity contribution in [3.8, 4) is 0 Å². The standard InChI is InChI=1S/C15H10BrNOS/c16-11-7-8-19-15(11)9-14(18)13-6-5-10-3-1-2-4-12(10)17-13/h1-8H,9H2. The van der Waals surface area contributed by atoms with Gasteiger partial charge in [-0.3, -0.25) is 4.79 Å². The van der Waals surface area contributed by atoms with Crippen LogP contribution in [0.25, 0.3) is 10.9 Å². The van der Waals surface area contributed by atoms with E-state index < -0.39 is 0 Å². The van der Waals surface area contributed by atoms with Crippen molar-refractivity contribution in [2.24, 2.45) is 0 Å². The first kappa shape index (κ1) is 12.5. The maximum absolute atomic E-state index is 12.2. The third-order valence-corrected chi connectivity index (χ3v) is 4.82. The fourth-order valence-corrected chi connectivity index (χ4v) is 3.40. The molecule has 0 N–H and O–H groups in total. The number of nitrogens with zero attached hydrogens (tertiary/aromatic N) is 1. The largest absolute Gasteiger partial charge is 0.292 e. The Morgan fingerprint density at radius 3 is 2.79 bits per heavy atom. The number of aromatic nitrogens is 1. The number of Topliss-reactive ketones (excluding diaryl/α,β-unsaturated/α-hetero) is 1. The molecular formula is C15H10BrNOS. The van der Waals surface area contributed by atoms with Crippen LogP contribution >= 0.6 is 27.3 Å². The molecule has 2 aromatic heterocycles. The number of hydrogen-bond donors (Lipinski definition) is 0. The van der Waals surface area contributed by atoms with Gasteiger partial charge < -0.3 is 0 Å². The van der Waals surface area contributed by atoms with Crippen molar-refractivity contribution in [3.05, 3.63) is 62.9 Å². The molecule has 2 nitrogen and oxygen atoms in total.